The molecule has 0 radical (unpaired) electrons. The van der Waals surface area contributed by atoms with Gasteiger partial charge < -0.3 is 0 Å². The average molecular weight is 715 g/mol. The van der Waals surface area contributed by atoms with Crippen LogP contribution in [0.5, 0.6) is 0 Å². The van der Waals surface area contributed by atoms with Gasteiger partial charge in [0.25, 0.3) is 0 Å². The van der Waals surface area contributed by atoms with Gasteiger partial charge in [-0.3, -0.25) is 0 Å². The highest BCUT2D eigenvalue weighted by Crippen LogP contribution is 2.33. The van der Waals surface area contributed by atoms with E-state index in [1.54, 1.807) is 0 Å². The van der Waals surface area contributed by atoms with Crippen LogP contribution in [-0.2, 0) is 0 Å². The summed E-state index contributed by atoms with van der Waals surface area (Å²) in [6.45, 7) is 0. The van der Waals surface area contributed by atoms with Gasteiger partial charge in [0.05, 0.1) is 33.8 Å². The lowest BCUT2D eigenvalue weighted by Gasteiger charge is -2.11. The maximum atomic E-state index is 5.20. The minimum Gasteiger partial charge on any atom is -0.245 e. The van der Waals surface area contributed by atoms with E-state index in [1.165, 1.54) is 0 Å². The molecular weight excluding hydrogens is 681 g/mol. The molecule has 0 unspecified atom stereocenters. The van der Waals surface area contributed by atoms with Crippen LogP contribution in [0, 0.1) is 0 Å². The third-order valence-corrected chi connectivity index (χ3v) is 10.3. The molecule has 4 heteroatoms. The third kappa shape index (κ3) is 6.50. The number of benzene rings is 7. The van der Waals surface area contributed by atoms with Crippen molar-refractivity contribution in [1.29, 1.82) is 0 Å². The molecule has 0 saturated heterocycles. The van der Waals surface area contributed by atoms with Gasteiger partial charge in [-0.15, -0.1) is 0 Å². The van der Waals surface area contributed by atoms with Crippen LogP contribution in [0.3, 0.4) is 0 Å². The minimum absolute atomic E-state index is 0.713. The van der Waals surface area contributed by atoms with Crippen LogP contribution in [0.15, 0.2) is 206 Å². The van der Waals surface area contributed by atoms with Crippen molar-refractivity contribution in [1.82, 2.24) is 19.9 Å². The molecule has 0 saturated carbocycles. The van der Waals surface area contributed by atoms with Crippen molar-refractivity contribution in [2.45, 2.75) is 0 Å². The monoisotopic (exact) mass is 714 g/mol. The molecule has 0 fully saturated rings. The molecule has 4 nitrogen and oxygen atoms in total. The second-order valence-electron chi connectivity index (χ2n) is 13.9. The van der Waals surface area contributed by atoms with E-state index in [9.17, 15) is 0 Å². The molecule has 7 aromatic carbocycles. The molecule has 56 heavy (non-hydrogen) atoms. The standard InChI is InChI=1S/C52H34N4/c1-4-11-38(12-5-1)46-31-29-41-27-28-42-30-32-47(54-51(42)50(41)53-46)45-18-10-17-44(33-45)37-21-19-35(20-22-37)36-23-25-40(26-24-36)49-34-48(39-13-6-2-7-14-39)55-52(56-49)43-15-8-3-9-16-43/h1-34H. The predicted octanol–water partition coefficient (Wildman–Crippen LogP) is 13.2. The van der Waals surface area contributed by atoms with Gasteiger partial charge >= 0.3 is 0 Å². The van der Waals surface area contributed by atoms with Gasteiger partial charge in [-0.2, -0.15) is 0 Å². The minimum atomic E-state index is 0.713. The SMILES string of the molecule is c1ccc(-c2cc(-c3ccc(-c4ccc(-c5cccc(-c6ccc7ccc8ccc(-c9ccccc9)nc8c7n6)c5)cc4)cc3)nc(-c3ccccc3)n2)cc1. The maximum Gasteiger partial charge on any atom is 0.160 e. The van der Waals surface area contributed by atoms with Gasteiger partial charge in [0, 0.05) is 38.6 Å². The van der Waals surface area contributed by atoms with Gasteiger partial charge in [0.2, 0.25) is 0 Å². The Hall–Kier alpha value is -7.56. The largest absolute Gasteiger partial charge is 0.245 e. The van der Waals surface area contributed by atoms with Gasteiger partial charge in [0.1, 0.15) is 0 Å². The quantitative estimate of drug-likeness (QED) is 0.154. The Labute approximate surface area is 325 Å². The second kappa shape index (κ2) is 14.3. The van der Waals surface area contributed by atoms with E-state index in [2.05, 4.69) is 152 Å². The summed E-state index contributed by atoms with van der Waals surface area (Å²) in [6.07, 6.45) is 0. The number of hydrogen-bond acceptors (Lipinski definition) is 4. The molecule has 0 amide bonds. The zero-order chi connectivity index (χ0) is 37.3. The van der Waals surface area contributed by atoms with Gasteiger partial charge in [0.15, 0.2) is 5.82 Å². The van der Waals surface area contributed by atoms with Crippen LogP contribution in [0.2, 0.25) is 0 Å². The molecule has 0 aliphatic rings. The Bertz CT molecular complexity index is 2920. The highest BCUT2D eigenvalue weighted by Gasteiger charge is 2.12. The zero-order valence-corrected chi connectivity index (χ0v) is 30.4. The third-order valence-electron chi connectivity index (χ3n) is 10.3. The number of rotatable bonds is 7. The first-order valence-electron chi connectivity index (χ1n) is 18.8. The van der Waals surface area contributed by atoms with Crippen LogP contribution in [-0.4, -0.2) is 19.9 Å². The molecule has 10 rings (SSSR count). The first-order chi connectivity index (χ1) is 27.7. The smallest absolute Gasteiger partial charge is 0.160 e. The number of hydrogen-bond donors (Lipinski definition) is 0. The van der Waals surface area contributed by atoms with E-state index in [4.69, 9.17) is 19.9 Å². The van der Waals surface area contributed by atoms with Crippen molar-refractivity contribution in [3.8, 4) is 78.7 Å². The molecule has 3 aromatic heterocycles. The van der Waals surface area contributed by atoms with E-state index < -0.39 is 0 Å². The Kier molecular flexibility index (Phi) is 8.47. The topological polar surface area (TPSA) is 51.6 Å². The number of nitrogens with zero attached hydrogens (tertiary/aromatic N) is 4. The molecule has 0 atom stereocenters. The normalized spacial score (nSPS) is 11.2. The molecule has 262 valence electrons. The van der Waals surface area contributed by atoms with Gasteiger partial charge in [-0.25, -0.2) is 19.9 Å². The fourth-order valence-corrected chi connectivity index (χ4v) is 7.31. The summed E-state index contributed by atoms with van der Waals surface area (Å²) in [5.74, 6) is 0.713. The Balaban J connectivity index is 0.929. The van der Waals surface area contributed by atoms with Gasteiger partial charge in [-0.1, -0.05) is 182 Å². The first kappa shape index (κ1) is 33.0. The zero-order valence-electron chi connectivity index (χ0n) is 30.4. The lowest BCUT2D eigenvalue weighted by atomic mass is 9.97. The summed E-state index contributed by atoms with van der Waals surface area (Å²) in [4.78, 5) is 20.2. The van der Waals surface area contributed by atoms with Crippen molar-refractivity contribution in [2.24, 2.45) is 0 Å². The molecule has 0 spiro atoms. The Morgan fingerprint density at radius 2 is 0.589 bits per heavy atom. The van der Waals surface area contributed by atoms with E-state index in [0.717, 1.165) is 94.7 Å². The van der Waals surface area contributed by atoms with Crippen molar-refractivity contribution < 1.29 is 0 Å². The molecular formula is C52H34N4. The summed E-state index contributed by atoms with van der Waals surface area (Å²) >= 11 is 0. The first-order valence-corrected chi connectivity index (χ1v) is 18.8. The number of aromatic nitrogens is 4. The molecule has 0 bridgehead atoms. The molecule has 10 aromatic rings. The van der Waals surface area contributed by atoms with E-state index in [-0.39, 0.29) is 0 Å². The summed E-state index contributed by atoms with van der Waals surface area (Å²) in [7, 11) is 0. The highest BCUT2D eigenvalue weighted by atomic mass is 14.9. The Morgan fingerprint density at radius 3 is 1.12 bits per heavy atom. The summed E-state index contributed by atoms with van der Waals surface area (Å²) in [6, 6.07) is 71.6. The van der Waals surface area contributed by atoms with Gasteiger partial charge in [-0.05, 0) is 46.5 Å². The van der Waals surface area contributed by atoms with Crippen molar-refractivity contribution in [3.05, 3.63) is 206 Å². The number of fused-ring (bicyclic) bond motifs is 3. The van der Waals surface area contributed by atoms with E-state index >= 15 is 0 Å². The van der Waals surface area contributed by atoms with Crippen molar-refractivity contribution in [3.63, 3.8) is 0 Å². The highest BCUT2D eigenvalue weighted by molar-refractivity contribution is 6.04. The van der Waals surface area contributed by atoms with E-state index in [0.29, 0.717) is 5.82 Å². The van der Waals surface area contributed by atoms with Crippen molar-refractivity contribution >= 4 is 21.8 Å². The molecule has 0 aliphatic heterocycles. The Morgan fingerprint density at radius 1 is 0.214 bits per heavy atom. The molecule has 0 N–H and O–H groups in total. The second-order valence-corrected chi connectivity index (χ2v) is 13.9. The lowest BCUT2D eigenvalue weighted by Crippen LogP contribution is -1.95. The van der Waals surface area contributed by atoms with E-state index in [1.807, 2.05) is 54.6 Å². The van der Waals surface area contributed by atoms with Crippen LogP contribution in [0.25, 0.3) is 100 Å². The summed E-state index contributed by atoms with van der Waals surface area (Å²) in [5.41, 5.74) is 15.3. The average Bonchev–Trinajstić information content (AvgIpc) is 3.29. The summed E-state index contributed by atoms with van der Waals surface area (Å²) < 4.78 is 0. The van der Waals surface area contributed by atoms with Crippen LogP contribution in [0.1, 0.15) is 0 Å². The predicted molar refractivity (Wildman–Crippen MR) is 231 cm³/mol. The lowest BCUT2D eigenvalue weighted by molar-refractivity contribution is 1.18. The number of pyridine rings is 2. The maximum absolute atomic E-state index is 5.20. The van der Waals surface area contributed by atoms with Crippen LogP contribution in [0.4, 0.5) is 0 Å². The molecule has 3 heterocycles. The van der Waals surface area contributed by atoms with Crippen molar-refractivity contribution in [2.75, 3.05) is 0 Å². The van der Waals surface area contributed by atoms with Crippen LogP contribution >= 0.6 is 0 Å². The summed E-state index contributed by atoms with van der Waals surface area (Å²) in [5, 5.41) is 2.15. The fourth-order valence-electron chi connectivity index (χ4n) is 7.31. The molecule has 0 aliphatic carbocycles. The fraction of sp³-hybridized carbons (Fsp3) is 0. The van der Waals surface area contributed by atoms with Crippen LogP contribution < -0.4 is 0 Å².